The van der Waals surface area contributed by atoms with Gasteiger partial charge in [0.05, 0.1) is 43.0 Å². The first kappa shape index (κ1) is 73.4. The van der Waals surface area contributed by atoms with Crippen LogP contribution in [-0.2, 0) is 71.3 Å². The molecule has 17 N–H and O–H groups in total. The van der Waals surface area contributed by atoms with Gasteiger partial charge in [-0.25, -0.2) is 4.79 Å². The van der Waals surface area contributed by atoms with E-state index in [0.29, 0.717) is 12.8 Å². The summed E-state index contributed by atoms with van der Waals surface area (Å²) in [5.74, 6) is -6.94. The van der Waals surface area contributed by atoms with Crippen molar-refractivity contribution in [1.82, 2.24) is 0 Å². The highest BCUT2D eigenvalue weighted by Crippen LogP contribution is 2.76. The van der Waals surface area contributed by atoms with E-state index in [4.69, 9.17) is 52.1 Å². The summed E-state index contributed by atoms with van der Waals surface area (Å²) in [5.41, 5.74) is -6.11. The third kappa shape index (κ3) is 12.0. The summed E-state index contributed by atoms with van der Waals surface area (Å²) in [6.07, 6.45) is -48.4. The molecule has 10 aliphatic rings. The van der Waals surface area contributed by atoms with Crippen LogP contribution >= 0.6 is 0 Å². The predicted octanol–water partition coefficient (Wildman–Crippen LogP) is -4.49. The van der Waals surface area contributed by atoms with E-state index < -0.39 is 253 Å². The molecule has 32 nitrogen and oxygen atoms in total. The number of hydrogen-bond acceptors (Lipinski definition) is 30. The van der Waals surface area contributed by atoms with Crippen LogP contribution in [0.3, 0.4) is 0 Å². The Balaban J connectivity index is 0.998. The van der Waals surface area contributed by atoms with Gasteiger partial charge in [-0.1, -0.05) is 46.3 Å². The lowest BCUT2D eigenvalue weighted by atomic mass is 9.33. The molecular formula is C62H96O32. The summed E-state index contributed by atoms with van der Waals surface area (Å²) in [6.45, 7) is 13.4. The van der Waals surface area contributed by atoms with E-state index in [2.05, 4.69) is 13.8 Å². The first-order chi connectivity index (χ1) is 43.8. The van der Waals surface area contributed by atoms with Crippen molar-refractivity contribution in [2.45, 2.75) is 286 Å². The molecule has 36 unspecified atom stereocenters. The van der Waals surface area contributed by atoms with Gasteiger partial charge in [0.2, 0.25) is 6.29 Å². The number of ether oxygens (including phenoxy) is 11. The molecule has 0 aromatic carbocycles. The Morgan fingerprint density at radius 1 is 0.532 bits per heavy atom. The number of fused-ring (bicyclic) bond motifs is 7. The van der Waals surface area contributed by atoms with Gasteiger partial charge >= 0.3 is 23.9 Å². The maximum Gasteiger partial charge on any atom is 0.335 e. The quantitative estimate of drug-likeness (QED) is 0.0417. The van der Waals surface area contributed by atoms with Gasteiger partial charge < -0.3 is 139 Å². The molecule has 0 bridgehead atoms. The van der Waals surface area contributed by atoms with E-state index in [1.54, 1.807) is 0 Å². The van der Waals surface area contributed by atoms with Crippen molar-refractivity contribution in [2.24, 2.45) is 50.2 Å². The number of aliphatic hydroxyl groups excluding tert-OH is 15. The minimum Gasteiger partial charge on any atom is -0.481 e. The molecule has 536 valence electrons. The number of carboxylic acids is 2. The highest BCUT2D eigenvalue weighted by molar-refractivity contribution is 5.80. The fraction of sp³-hybridized carbons (Fsp3) is 0.903. The first-order valence-electron chi connectivity index (χ1n) is 32.3. The molecule has 4 saturated carbocycles. The lowest BCUT2D eigenvalue weighted by Crippen LogP contribution is -2.71. The summed E-state index contributed by atoms with van der Waals surface area (Å²) in [7, 11) is 0. The second-order valence-corrected chi connectivity index (χ2v) is 29.7. The SMILES string of the molecule is CC(=O)OC1C(C)OC(OC(=O)C23CCC4(C)C(=CCC5C6(C)CC(O)C(OC7OC(C(=O)O)C(O)C(O)C7O)C(C)(C(=O)O)C6CCC54C)C2CC(C)(C)CC3O)C(OC2OC(C)C(O)C(OC3OC(CO)C(O)C(O)C3O)C2O)C1OC1OC(CO)C(O)C(O)C1O. The highest BCUT2D eigenvalue weighted by atomic mass is 16.8. The van der Waals surface area contributed by atoms with Gasteiger partial charge in [0, 0.05) is 6.92 Å². The molecule has 5 aliphatic heterocycles. The third-order valence-corrected chi connectivity index (χ3v) is 23.8. The second kappa shape index (κ2) is 26.6. The molecule has 0 radical (unpaired) electrons. The molecule has 10 rings (SSSR count). The minimum absolute atomic E-state index is 0.0392. The molecule has 36 atom stereocenters. The number of aliphatic hydroxyl groups is 15. The molecule has 0 spiro atoms. The molecule has 0 aromatic rings. The van der Waals surface area contributed by atoms with Crippen molar-refractivity contribution in [2.75, 3.05) is 13.2 Å². The lowest BCUT2D eigenvalue weighted by Gasteiger charge is -2.71. The van der Waals surface area contributed by atoms with Crippen molar-refractivity contribution in [3.63, 3.8) is 0 Å². The number of esters is 2. The van der Waals surface area contributed by atoms with Crippen LogP contribution in [0, 0.1) is 50.2 Å². The molecule has 5 saturated heterocycles. The largest absolute Gasteiger partial charge is 0.481 e. The van der Waals surface area contributed by atoms with Gasteiger partial charge in [0.1, 0.15) is 103 Å². The van der Waals surface area contributed by atoms with Crippen LogP contribution in [0.25, 0.3) is 0 Å². The fourth-order valence-corrected chi connectivity index (χ4v) is 18.5. The van der Waals surface area contributed by atoms with Crippen molar-refractivity contribution in [3.8, 4) is 0 Å². The average molecular weight is 1350 g/mol. The normalized spacial score (nSPS) is 53.3. The summed E-state index contributed by atoms with van der Waals surface area (Å²) in [6, 6.07) is 0. The van der Waals surface area contributed by atoms with E-state index in [-0.39, 0.29) is 44.4 Å². The van der Waals surface area contributed by atoms with Crippen LogP contribution in [0.4, 0.5) is 0 Å². The van der Waals surface area contributed by atoms with Crippen LogP contribution in [-0.4, -0.2) is 296 Å². The van der Waals surface area contributed by atoms with E-state index in [1.807, 2.05) is 26.8 Å². The maximum atomic E-state index is 16.1. The van der Waals surface area contributed by atoms with E-state index in [1.165, 1.54) is 20.8 Å². The van der Waals surface area contributed by atoms with Crippen molar-refractivity contribution >= 4 is 23.9 Å². The van der Waals surface area contributed by atoms with Gasteiger partial charge in [0.15, 0.2) is 43.5 Å². The van der Waals surface area contributed by atoms with E-state index in [9.17, 15) is 101 Å². The number of allylic oxidation sites excluding steroid dienone is 2. The zero-order valence-electron chi connectivity index (χ0n) is 53.8. The minimum atomic E-state index is -2.16. The van der Waals surface area contributed by atoms with Crippen LogP contribution in [0.15, 0.2) is 11.6 Å². The van der Waals surface area contributed by atoms with Gasteiger partial charge in [0.25, 0.3) is 0 Å². The summed E-state index contributed by atoms with van der Waals surface area (Å²) < 4.78 is 66.4. The Morgan fingerprint density at radius 3 is 1.62 bits per heavy atom. The van der Waals surface area contributed by atoms with Crippen molar-refractivity contribution in [3.05, 3.63) is 11.6 Å². The third-order valence-electron chi connectivity index (χ3n) is 23.8. The lowest BCUT2D eigenvalue weighted by molar-refractivity contribution is -0.394. The zero-order chi connectivity index (χ0) is 69.3. The van der Waals surface area contributed by atoms with E-state index in [0.717, 1.165) is 12.5 Å². The molecule has 0 amide bonds. The van der Waals surface area contributed by atoms with Crippen LogP contribution in [0.5, 0.6) is 0 Å². The van der Waals surface area contributed by atoms with Crippen LogP contribution in [0.1, 0.15) is 114 Å². The molecule has 32 heteroatoms. The maximum absolute atomic E-state index is 16.1. The number of carboxylic acid groups (broad SMARTS) is 2. The molecule has 9 fully saturated rings. The topological polar surface area (TPSA) is 514 Å². The number of carbonyl (C=O) groups is 4. The fourth-order valence-electron chi connectivity index (χ4n) is 18.5. The predicted molar refractivity (Wildman–Crippen MR) is 307 cm³/mol. The number of rotatable bonds is 15. The number of carbonyl (C=O) groups excluding carboxylic acids is 2. The van der Waals surface area contributed by atoms with Gasteiger partial charge in [-0.2, -0.15) is 0 Å². The Bertz CT molecular complexity index is 2790. The van der Waals surface area contributed by atoms with Crippen molar-refractivity contribution < 1.29 is 158 Å². The zero-order valence-corrected chi connectivity index (χ0v) is 53.8. The Hall–Kier alpha value is -3.34. The smallest absolute Gasteiger partial charge is 0.335 e. The molecule has 5 heterocycles. The van der Waals surface area contributed by atoms with Crippen molar-refractivity contribution in [1.29, 1.82) is 0 Å². The number of aliphatic carboxylic acids is 2. The Morgan fingerprint density at radius 2 is 1.06 bits per heavy atom. The molecule has 94 heavy (non-hydrogen) atoms. The second-order valence-electron chi connectivity index (χ2n) is 29.7. The van der Waals surface area contributed by atoms with Gasteiger partial charge in [-0.3, -0.25) is 14.4 Å². The molecular weight excluding hydrogens is 1260 g/mol. The van der Waals surface area contributed by atoms with Crippen LogP contribution < -0.4 is 0 Å². The Kier molecular flexibility index (Phi) is 20.8. The standard InChI is InChI=1S/C62H96O32/c1-21-32(68)44(89-50-39(75)35(71)33(69)27(19-63)87-50)42(78)53(84-21)92-47-46(91-51-40(76)36(72)34(70)28(20-64)88-51)43(86-23(3)65)22(2)85-54(47)94-56(83)62-15-14-59(7)24(25(62)16-57(4,5)18-31(62)67)10-11-29-58(6)17-26(66)48(61(9,55(81)82)30(58)12-13-60(29,59)8)93-52-41(77)37(73)38(74)45(90-52)49(79)80/h10,21-22,25-48,50-54,63-64,66-78H,11-20H2,1-9H3,(H,79,80)(H,81,82). The summed E-state index contributed by atoms with van der Waals surface area (Å²) in [5, 5.41) is 187. The highest BCUT2D eigenvalue weighted by Gasteiger charge is 2.74. The monoisotopic (exact) mass is 1350 g/mol. The van der Waals surface area contributed by atoms with Gasteiger partial charge in [-0.05, 0) is 112 Å². The molecule has 0 aromatic heterocycles. The molecule has 5 aliphatic carbocycles. The summed E-state index contributed by atoms with van der Waals surface area (Å²) in [4.78, 5) is 55.1. The summed E-state index contributed by atoms with van der Waals surface area (Å²) >= 11 is 0. The van der Waals surface area contributed by atoms with E-state index >= 15 is 4.79 Å². The number of hydrogen-bond donors (Lipinski definition) is 17. The van der Waals surface area contributed by atoms with Crippen LogP contribution in [0.2, 0.25) is 0 Å². The Labute approximate surface area is 541 Å². The first-order valence-corrected chi connectivity index (χ1v) is 32.3. The average Bonchev–Trinajstić information content (AvgIpc) is 0.671. The van der Waals surface area contributed by atoms with Gasteiger partial charge in [-0.15, -0.1) is 0 Å².